The monoisotopic (exact) mass is 274 g/mol. The van der Waals surface area contributed by atoms with Crippen molar-refractivity contribution < 1.29 is 13.9 Å². The molecule has 0 radical (unpaired) electrons. The number of hydrogen-bond donors (Lipinski definition) is 0. The van der Waals surface area contributed by atoms with Crippen LogP contribution in [-0.4, -0.2) is 12.4 Å². The van der Waals surface area contributed by atoms with Crippen LogP contribution in [0.4, 0.5) is 0 Å². The first-order chi connectivity index (χ1) is 9.24. The standard InChI is InChI=1S/C15H15O3P/c1-2-18-19(17)14-11-7-6-10-13(14)15(16)12-8-4-3-5-9-12/h3-11,19H,2H2,1H3. The van der Waals surface area contributed by atoms with Crippen molar-refractivity contribution in [2.45, 2.75) is 6.92 Å². The van der Waals surface area contributed by atoms with E-state index in [2.05, 4.69) is 0 Å². The number of hydrogen-bond acceptors (Lipinski definition) is 3. The quantitative estimate of drug-likeness (QED) is 0.621. The van der Waals surface area contributed by atoms with Crippen LogP contribution in [0.1, 0.15) is 22.8 Å². The van der Waals surface area contributed by atoms with Gasteiger partial charge in [0.1, 0.15) is 0 Å². The molecule has 2 aromatic rings. The van der Waals surface area contributed by atoms with Gasteiger partial charge < -0.3 is 4.52 Å². The molecule has 19 heavy (non-hydrogen) atoms. The molecule has 0 aliphatic rings. The number of carbonyl (C=O) groups excluding carboxylic acids is 1. The highest BCUT2D eigenvalue weighted by atomic mass is 31.1. The van der Waals surface area contributed by atoms with E-state index in [0.717, 1.165) is 0 Å². The van der Waals surface area contributed by atoms with Crippen molar-refractivity contribution in [3.8, 4) is 0 Å². The zero-order valence-electron chi connectivity index (χ0n) is 10.6. The van der Waals surface area contributed by atoms with Crippen molar-refractivity contribution in [1.82, 2.24) is 0 Å². The summed E-state index contributed by atoms with van der Waals surface area (Å²) < 4.78 is 17.2. The van der Waals surface area contributed by atoms with E-state index in [4.69, 9.17) is 4.52 Å². The SMILES string of the molecule is CCO[PH](=O)c1ccccc1C(=O)c1ccccc1. The maximum Gasteiger partial charge on any atom is 0.221 e. The molecule has 0 spiro atoms. The van der Waals surface area contributed by atoms with Gasteiger partial charge in [-0.15, -0.1) is 0 Å². The zero-order valence-corrected chi connectivity index (χ0v) is 11.6. The minimum atomic E-state index is -2.37. The highest BCUT2D eigenvalue weighted by molar-refractivity contribution is 7.48. The van der Waals surface area contributed by atoms with Gasteiger partial charge >= 0.3 is 0 Å². The Bertz CT molecular complexity index is 593. The van der Waals surface area contributed by atoms with E-state index in [9.17, 15) is 9.36 Å². The molecule has 0 saturated carbocycles. The molecule has 3 nitrogen and oxygen atoms in total. The fraction of sp³-hybridized carbons (Fsp3) is 0.133. The molecular formula is C15H15O3P. The Morgan fingerprint density at radius 2 is 1.68 bits per heavy atom. The van der Waals surface area contributed by atoms with Crippen molar-refractivity contribution in [1.29, 1.82) is 0 Å². The number of carbonyl (C=O) groups is 1. The number of rotatable bonds is 5. The summed E-state index contributed by atoms with van der Waals surface area (Å²) in [6, 6.07) is 15.9. The first-order valence-electron chi connectivity index (χ1n) is 6.10. The van der Waals surface area contributed by atoms with Gasteiger partial charge in [0.2, 0.25) is 8.03 Å². The molecule has 0 aromatic heterocycles. The Morgan fingerprint density at radius 1 is 1.05 bits per heavy atom. The third-order valence-corrected chi connectivity index (χ3v) is 4.13. The second-order valence-corrected chi connectivity index (χ2v) is 5.36. The molecule has 2 aromatic carbocycles. The molecule has 0 amide bonds. The molecule has 0 fully saturated rings. The summed E-state index contributed by atoms with van der Waals surface area (Å²) >= 11 is 0. The normalized spacial score (nSPS) is 12.1. The molecule has 1 atom stereocenters. The van der Waals surface area contributed by atoms with Crippen LogP contribution < -0.4 is 5.30 Å². The second-order valence-electron chi connectivity index (χ2n) is 3.96. The lowest BCUT2D eigenvalue weighted by Crippen LogP contribution is -2.13. The third-order valence-electron chi connectivity index (χ3n) is 2.70. The van der Waals surface area contributed by atoms with Crippen LogP contribution in [0.25, 0.3) is 0 Å². The van der Waals surface area contributed by atoms with Gasteiger partial charge in [-0.1, -0.05) is 48.5 Å². The predicted octanol–water partition coefficient (Wildman–Crippen LogP) is 3.05. The van der Waals surface area contributed by atoms with E-state index in [1.54, 1.807) is 55.5 Å². The molecule has 1 unspecified atom stereocenters. The number of benzene rings is 2. The lowest BCUT2D eigenvalue weighted by molar-refractivity contribution is 0.103. The van der Waals surface area contributed by atoms with Gasteiger partial charge in [-0.2, -0.15) is 0 Å². The van der Waals surface area contributed by atoms with E-state index >= 15 is 0 Å². The highest BCUT2D eigenvalue weighted by Gasteiger charge is 2.16. The Balaban J connectivity index is 2.40. The van der Waals surface area contributed by atoms with E-state index in [-0.39, 0.29) is 5.78 Å². The smallest absolute Gasteiger partial charge is 0.221 e. The summed E-state index contributed by atoms with van der Waals surface area (Å²) in [4.78, 5) is 12.4. The van der Waals surface area contributed by atoms with E-state index < -0.39 is 8.03 Å². The van der Waals surface area contributed by atoms with Crippen LogP contribution in [0.2, 0.25) is 0 Å². The first-order valence-corrected chi connectivity index (χ1v) is 7.41. The van der Waals surface area contributed by atoms with Crippen LogP contribution in [0.3, 0.4) is 0 Å². The first kappa shape index (κ1) is 13.7. The molecule has 98 valence electrons. The van der Waals surface area contributed by atoms with Crippen LogP contribution in [0, 0.1) is 0 Å². The maximum absolute atomic E-state index is 12.4. The Morgan fingerprint density at radius 3 is 2.37 bits per heavy atom. The Kier molecular flexibility index (Phi) is 4.67. The highest BCUT2D eigenvalue weighted by Crippen LogP contribution is 2.24. The van der Waals surface area contributed by atoms with Gasteiger partial charge in [-0.3, -0.25) is 9.36 Å². The van der Waals surface area contributed by atoms with Crippen molar-refractivity contribution in [3.63, 3.8) is 0 Å². The van der Waals surface area contributed by atoms with Gasteiger partial charge in [0.25, 0.3) is 0 Å². The zero-order chi connectivity index (χ0) is 13.7. The summed E-state index contributed by atoms with van der Waals surface area (Å²) in [5, 5.41) is 0.489. The Labute approximate surface area is 113 Å². The summed E-state index contributed by atoms with van der Waals surface area (Å²) in [5.41, 5.74) is 1.03. The van der Waals surface area contributed by atoms with Crippen LogP contribution in [0.5, 0.6) is 0 Å². The summed E-state index contributed by atoms with van der Waals surface area (Å²) in [6.07, 6.45) is 0. The molecular weight excluding hydrogens is 259 g/mol. The van der Waals surface area contributed by atoms with E-state index in [0.29, 0.717) is 23.0 Å². The molecule has 0 aliphatic heterocycles. The van der Waals surface area contributed by atoms with Gasteiger partial charge in [0.05, 0.1) is 6.61 Å². The van der Waals surface area contributed by atoms with E-state index in [1.165, 1.54) is 0 Å². The largest absolute Gasteiger partial charge is 0.328 e. The van der Waals surface area contributed by atoms with Crippen molar-refractivity contribution in [2.24, 2.45) is 0 Å². The Hall–Kier alpha value is -1.70. The lowest BCUT2D eigenvalue weighted by Gasteiger charge is -2.08. The van der Waals surface area contributed by atoms with Crippen molar-refractivity contribution in [3.05, 3.63) is 65.7 Å². The van der Waals surface area contributed by atoms with Gasteiger partial charge in [0, 0.05) is 16.4 Å². The van der Waals surface area contributed by atoms with Gasteiger partial charge in [-0.05, 0) is 13.0 Å². The molecule has 0 aliphatic carbocycles. The molecule has 0 heterocycles. The van der Waals surface area contributed by atoms with Crippen molar-refractivity contribution in [2.75, 3.05) is 6.61 Å². The fourth-order valence-electron chi connectivity index (χ4n) is 1.81. The van der Waals surface area contributed by atoms with Crippen LogP contribution in [-0.2, 0) is 9.09 Å². The average molecular weight is 274 g/mol. The van der Waals surface area contributed by atoms with Gasteiger partial charge in [-0.25, -0.2) is 0 Å². The molecule has 0 saturated heterocycles. The minimum absolute atomic E-state index is 0.130. The van der Waals surface area contributed by atoms with Crippen LogP contribution in [0.15, 0.2) is 54.6 Å². The lowest BCUT2D eigenvalue weighted by atomic mass is 10.0. The van der Waals surface area contributed by atoms with Crippen molar-refractivity contribution >= 4 is 19.1 Å². The molecule has 0 N–H and O–H groups in total. The van der Waals surface area contributed by atoms with E-state index in [1.807, 2.05) is 6.07 Å². The summed E-state index contributed by atoms with van der Waals surface area (Å²) in [7, 11) is -2.37. The molecule has 0 bridgehead atoms. The summed E-state index contributed by atoms with van der Waals surface area (Å²) in [6.45, 7) is 2.15. The maximum atomic E-state index is 12.4. The molecule has 2 rings (SSSR count). The van der Waals surface area contributed by atoms with Crippen LogP contribution >= 0.6 is 8.03 Å². The average Bonchev–Trinajstić information content (AvgIpc) is 2.47. The minimum Gasteiger partial charge on any atom is -0.328 e. The fourth-order valence-corrected chi connectivity index (χ4v) is 2.88. The predicted molar refractivity (Wildman–Crippen MR) is 76.6 cm³/mol. The molecule has 4 heteroatoms. The second kappa shape index (κ2) is 6.46. The topological polar surface area (TPSA) is 43.4 Å². The van der Waals surface area contributed by atoms with Gasteiger partial charge in [0.15, 0.2) is 5.78 Å². The summed E-state index contributed by atoms with van der Waals surface area (Å²) in [5.74, 6) is -0.130. The number of ketones is 1. The third kappa shape index (κ3) is 3.19.